The molecule has 4 aromatic rings. The van der Waals surface area contributed by atoms with Gasteiger partial charge in [0.2, 0.25) is 0 Å². The van der Waals surface area contributed by atoms with Crippen LogP contribution in [0.3, 0.4) is 0 Å². The lowest BCUT2D eigenvalue weighted by Crippen LogP contribution is -2.44. The van der Waals surface area contributed by atoms with Crippen LogP contribution in [0.4, 0.5) is 35.2 Å². The van der Waals surface area contributed by atoms with E-state index in [1.165, 1.54) is 23.4 Å². The average Bonchev–Trinajstić information content (AvgIpc) is 3.44. The number of benzene rings is 2. The number of amides is 3. The quantitative estimate of drug-likeness (QED) is 0.298. The molecule has 0 spiro atoms. The van der Waals surface area contributed by atoms with Gasteiger partial charge in [-0.2, -0.15) is 13.2 Å². The highest BCUT2D eigenvalue weighted by molar-refractivity contribution is 6.07. The van der Waals surface area contributed by atoms with Gasteiger partial charge in [0, 0.05) is 62.9 Å². The number of H-pyrrole nitrogens is 1. The summed E-state index contributed by atoms with van der Waals surface area (Å²) in [6.07, 6.45) is -1.56. The number of urea groups is 1. The lowest BCUT2D eigenvalue weighted by molar-refractivity contribution is -0.138. The first-order valence-corrected chi connectivity index (χ1v) is 13.4. The first-order chi connectivity index (χ1) is 20.0. The first kappa shape index (κ1) is 29.0. The molecule has 0 aliphatic carbocycles. The predicted octanol–water partition coefficient (Wildman–Crippen LogP) is 4.95. The molecule has 42 heavy (non-hydrogen) atoms. The summed E-state index contributed by atoms with van der Waals surface area (Å²) in [6.45, 7) is 4.86. The largest absolute Gasteiger partial charge is 0.416 e. The zero-order valence-corrected chi connectivity index (χ0v) is 23.4. The second kappa shape index (κ2) is 11.8. The van der Waals surface area contributed by atoms with Gasteiger partial charge in [0.1, 0.15) is 17.8 Å². The summed E-state index contributed by atoms with van der Waals surface area (Å²) in [5.41, 5.74) is 1.23. The van der Waals surface area contributed by atoms with Crippen molar-refractivity contribution >= 4 is 40.2 Å². The minimum atomic E-state index is -4.61. The van der Waals surface area contributed by atoms with Gasteiger partial charge >= 0.3 is 12.2 Å². The molecule has 0 saturated carbocycles. The lowest BCUT2D eigenvalue weighted by Gasteiger charge is -2.33. The molecule has 2 aromatic heterocycles. The third-order valence-electron chi connectivity index (χ3n) is 7.36. The summed E-state index contributed by atoms with van der Waals surface area (Å²) in [5, 5.41) is 6.13. The number of aromatic nitrogens is 3. The Morgan fingerprint density at radius 1 is 1.02 bits per heavy atom. The minimum Gasteiger partial charge on any atom is -0.346 e. The number of fused-ring (bicyclic) bond motifs is 1. The highest BCUT2D eigenvalue weighted by Gasteiger charge is 2.34. The molecule has 2 aromatic carbocycles. The Bertz CT molecular complexity index is 1610. The Morgan fingerprint density at radius 3 is 2.52 bits per heavy atom. The number of piperazine rings is 1. The molecule has 220 valence electrons. The van der Waals surface area contributed by atoms with Gasteiger partial charge in [0.05, 0.1) is 10.9 Å². The minimum absolute atomic E-state index is 0.116. The molecule has 3 amide bonds. The normalized spacial score (nSPS) is 14.6. The van der Waals surface area contributed by atoms with Crippen LogP contribution in [-0.4, -0.2) is 77.0 Å². The molecule has 1 fully saturated rings. The van der Waals surface area contributed by atoms with Crippen molar-refractivity contribution in [3.05, 3.63) is 77.2 Å². The van der Waals surface area contributed by atoms with Crippen LogP contribution in [0.15, 0.2) is 55.0 Å². The first-order valence-electron chi connectivity index (χ1n) is 13.4. The molecule has 1 aliphatic heterocycles. The fourth-order valence-corrected chi connectivity index (χ4v) is 4.83. The van der Waals surface area contributed by atoms with Gasteiger partial charge in [-0.05, 0) is 55.4 Å². The number of likely N-dealkylation sites (N-methyl/N-ethyl adjacent to an activating group) is 1. The number of nitrogens with zero attached hydrogens (tertiary/aromatic N) is 5. The number of hydrogen-bond donors (Lipinski definition) is 3. The van der Waals surface area contributed by atoms with Crippen LogP contribution in [0.5, 0.6) is 0 Å². The number of halogens is 3. The van der Waals surface area contributed by atoms with Crippen molar-refractivity contribution in [1.29, 1.82) is 0 Å². The topological polar surface area (TPSA) is 109 Å². The fraction of sp³-hybridized carbons (Fsp3) is 0.310. The smallest absolute Gasteiger partial charge is 0.346 e. The van der Waals surface area contributed by atoms with E-state index in [4.69, 9.17) is 0 Å². The van der Waals surface area contributed by atoms with Crippen LogP contribution < -0.4 is 15.5 Å². The van der Waals surface area contributed by atoms with Crippen molar-refractivity contribution in [2.24, 2.45) is 0 Å². The molecule has 3 heterocycles. The third kappa shape index (κ3) is 6.37. The highest BCUT2D eigenvalue weighted by atomic mass is 19.4. The van der Waals surface area contributed by atoms with Crippen molar-refractivity contribution in [2.45, 2.75) is 19.6 Å². The van der Waals surface area contributed by atoms with Crippen LogP contribution in [0, 0.1) is 6.92 Å². The summed E-state index contributed by atoms with van der Waals surface area (Å²) in [5.74, 6) is -0.293. The third-order valence-corrected chi connectivity index (χ3v) is 7.36. The summed E-state index contributed by atoms with van der Waals surface area (Å²) in [7, 11) is 3.55. The summed E-state index contributed by atoms with van der Waals surface area (Å²) >= 11 is 0. The SMILES string of the molecule is Cc1ccc(NC(=O)c2ccc(CN3CCN(C)CC3)c(C(F)(F)F)c2)cc1NC(=O)N(C)c1ncnc2[nH]ccc12. The van der Waals surface area contributed by atoms with Crippen LogP contribution in [-0.2, 0) is 12.7 Å². The summed E-state index contributed by atoms with van der Waals surface area (Å²) in [6, 6.07) is 9.83. The summed E-state index contributed by atoms with van der Waals surface area (Å²) < 4.78 is 42.0. The molecule has 1 saturated heterocycles. The van der Waals surface area contributed by atoms with E-state index in [1.807, 2.05) is 11.9 Å². The number of hydrogen-bond acceptors (Lipinski definition) is 6. The van der Waals surface area contributed by atoms with Crippen molar-refractivity contribution < 1.29 is 22.8 Å². The maximum atomic E-state index is 14.0. The van der Waals surface area contributed by atoms with Crippen molar-refractivity contribution in [3.63, 3.8) is 0 Å². The van der Waals surface area contributed by atoms with Crippen molar-refractivity contribution in [3.8, 4) is 0 Å². The lowest BCUT2D eigenvalue weighted by atomic mass is 10.0. The van der Waals surface area contributed by atoms with E-state index in [1.54, 1.807) is 44.4 Å². The number of rotatable bonds is 6. The average molecular weight is 581 g/mol. The Balaban J connectivity index is 1.31. The monoisotopic (exact) mass is 580 g/mol. The zero-order chi connectivity index (χ0) is 30.0. The molecule has 5 rings (SSSR count). The van der Waals surface area contributed by atoms with Gasteiger partial charge < -0.3 is 20.5 Å². The van der Waals surface area contributed by atoms with Gasteiger partial charge in [-0.3, -0.25) is 14.6 Å². The Labute approximate surface area is 240 Å². The Hall–Kier alpha value is -4.49. The van der Waals surface area contributed by atoms with Gasteiger partial charge in [-0.15, -0.1) is 0 Å². The van der Waals surface area contributed by atoms with Crippen LogP contribution >= 0.6 is 0 Å². The van der Waals surface area contributed by atoms with Gasteiger partial charge in [0.15, 0.2) is 0 Å². The fourth-order valence-electron chi connectivity index (χ4n) is 4.83. The molecular formula is C29H31F3N8O2. The molecule has 0 bridgehead atoms. The van der Waals surface area contributed by atoms with E-state index in [-0.39, 0.29) is 17.7 Å². The van der Waals surface area contributed by atoms with Gasteiger partial charge in [0.25, 0.3) is 5.91 Å². The number of aryl methyl sites for hydroxylation is 1. The number of anilines is 3. The van der Waals surface area contributed by atoms with Crippen LogP contribution in [0.2, 0.25) is 0 Å². The standard InChI is InChI=1S/C29H31F3N8O2/c1-18-4-7-21(15-24(18)37-28(42)39(3)26-22-8-9-33-25(22)34-17-35-26)36-27(41)19-5-6-20(23(14-19)29(30,31)32)16-40-12-10-38(2)11-13-40/h4-9,14-15,17H,10-13,16H2,1-3H3,(H,36,41)(H,37,42)(H,33,34,35). The van der Waals surface area contributed by atoms with Gasteiger partial charge in [-0.25, -0.2) is 14.8 Å². The number of aromatic amines is 1. The molecule has 3 N–H and O–H groups in total. The Morgan fingerprint density at radius 2 is 1.79 bits per heavy atom. The van der Waals surface area contributed by atoms with E-state index in [0.717, 1.165) is 24.7 Å². The molecule has 13 heteroatoms. The highest BCUT2D eigenvalue weighted by Crippen LogP contribution is 2.34. The zero-order valence-electron chi connectivity index (χ0n) is 23.4. The van der Waals surface area contributed by atoms with Gasteiger partial charge in [-0.1, -0.05) is 12.1 Å². The second-order valence-electron chi connectivity index (χ2n) is 10.4. The van der Waals surface area contributed by atoms with Crippen LogP contribution in [0.1, 0.15) is 27.0 Å². The number of carbonyl (C=O) groups excluding carboxylic acids is 2. The Kier molecular flexibility index (Phi) is 8.14. The predicted molar refractivity (Wildman–Crippen MR) is 155 cm³/mol. The number of alkyl halides is 3. The van der Waals surface area contributed by atoms with Crippen molar-refractivity contribution in [2.75, 3.05) is 55.8 Å². The van der Waals surface area contributed by atoms with Crippen LogP contribution in [0.25, 0.3) is 11.0 Å². The maximum Gasteiger partial charge on any atom is 0.416 e. The molecule has 0 atom stereocenters. The molecule has 10 nitrogen and oxygen atoms in total. The van der Waals surface area contributed by atoms with E-state index in [9.17, 15) is 22.8 Å². The summed E-state index contributed by atoms with van der Waals surface area (Å²) in [4.78, 5) is 42.8. The second-order valence-corrected chi connectivity index (χ2v) is 10.4. The number of nitrogens with one attached hydrogen (secondary N) is 3. The van der Waals surface area contributed by atoms with E-state index < -0.39 is 23.7 Å². The molecular weight excluding hydrogens is 549 g/mol. The van der Waals surface area contributed by atoms with Crippen molar-refractivity contribution in [1.82, 2.24) is 24.8 Å². The van der Waals surface area contributed by atoms with E-state index in [2.05, 4.69) is 30.5 Å². The molecule has 1 aliphatic rings. The molecule has 0 unspecified atom stereocenters. The molecule has 0 radical (unpaired) electrons. The van der Waals surface area contributed by atoms with E-state index in [0.29, 0.717) is 41.3 Å². The van der Waals surface area contributed by atoms with E-state index >= 15 is 0 Å². The maximum absolute atomic E-state index is 14.0. The number of carbonyl (C=O) groups is 2.